The van der Waals surface area contributed by atoms with Crippen LogP contribution in [0.15, 0.2) is 40.6 Å². The summed E-state index contributed by atoms with van der Waals surface area (Å²) in [5, 5.41) is 6.31. The van der Waals surface area contributed by atoms with Crippen molar-refractivity contribution < 1.29 is 40.3 Å². The fourth-order valence-corrected chi connectivity index (χ4v) is 1.58. The maximum atomic E-state index is 13.2. The van der Waals surface area contributed by atoms with Gasteiger partial charge in [-0.15, -0.1) is 5.11 Å². The Morgan fingerprint density at radius 1 is 1.00 bits per heavy atom. The highest BCUT2D eigenvalue weighted by atomic mass is 19.4. The molecule has 1 atom stereocenters. The predicted octanol–water partition coefficient (Wildman–Crippen LogP) is 4.46. The number of rotatable bonds is 6. The molecular weight excluding hydrogens is 361 g/mol. The van der Waals surface area contributed by atoms with Gasteiger partial charge in [-0.1, -0.05) is 18.2 Å². The van der Waals surface area contributed by atoms with Crippen LogP contribution < -0.4 is 0 Å². The number of azo groups is 1. The second kappa shape index (κ2) is 7.28. The summed E-state index contributed by atoms with van der Waals surface area (Å²) >= 11 is 0. The highest BCUT2D eigenvalue weighted by molar-refractivity contribution is 5.94. The van der Waals surface area contributed by atoms with Gasteiger partial charge >= 0.3 is 18.0 Å². The Morgan fingerprint density at radius 3 is 2.00 bits per heavy atom. The van der Waals surface area contributed by atoms with Gasteiger partial charge < -0.3 is 0 Å². The van der Waals surface area contributed by atoms with E-state index >= 15 is 0 Å². The summed E-state index contributed by atoms with van der Waals surface area (Å²) in [5.74, 6) is -16.0. The standard InChI is InChI=1S/C14H11F7N2O2/c1-8(22-23-11(25)9-5-3-2-4-6-9)7-10(24)12(15,16)13(17,18)14(19,20)21/h2-6,8H,7H2,1H3. The van der Waals surface area contributed by atoms with Crippen LogP contribution in [0.2, 0.25) is 0 Å². The van der Waals surface area contributed by atoms with Crippen LogP contribution in [0.5, 0.6) is 0 Å². The highest BCUT2D eigenvalue weighted by Gasteiger charge is 2.75. The summed E-state index contributed by atoms with van der Waals surface area (Å²) < 4.78 is 87.8. The van der Waals surface area contributed by atoms with E-state index in [0.717, 1.165) is 6.92 Å². The van der Waals surface area contributed by atoms with Crippen LogP contribution in [0.3, 0.4) is 0 Å². The van der Waals surface area contributed by atoms with Crippen LogP contribution >= 0.6 is 0 Å². The van der Waals surface area contributed by atoms with Gasteiger partial charge in [0.1, 0.15) is 0 Å². The molecule has 0 saturated carbocycles. The maximum Gasteiger partial charge on any atom is 0.460 e. The zero-order valence-corrected chi connectivity index (χ0v) is 12.5. The number of ketones is 1. The van der Waals surface area contributed by atoms with Gasteiger partial charge in [0.15, 0.2) is 0 Å². The van der Waals surface area contributed by atoms with Gasteiger partial charge in [-0.25, -0.2) is 0 Å². The topological polar surface area (TPSA) is 58.9 Å². The van der Waals surface area contributed by atoms with Crippen molar-refractivity contribution in [2.24, 2.45) is 10.2 Å². The monoisotopic (exact) mass is 372 g/mol. The van der Waals surface area contributed by atoms with E-state index in [0.29, 0.717) is 0 Å². The lowest BCUT2D eigenvalue weighted by molar-refractivity contribution is -0.343. The van der Waals surface area contributed by atoms with Crippen LogP contribution in [0, 0.1) is 0 Å². The van der Waals surface area contributed by atoms with Crippen LogP contribution in [0.1, 0.15) is 23.7 Å². The molecule has 0 saturated heterocycles. The Labute approximate surface area is 136 Å². The van der Waals surface area contributed by atoms with Crippen molar-refractivity contribution in [3.05, 3.63) is 35.9 Å². The fraction of sp³-hybridized carbons (Fsp3) is 0.429. The number of Topliss-reactive ketones (excluding diaryl/α,β-unsaturated/α-hetero) is 1. The predicted molar refractivity (Wildman–Crippen MR) is 70.7 cm³/mol. The zero-order chi connectivity index (χ0) is 19.5. The number of amides is 1. The molecule has 1 unspecified atom stereocenters. The largest absolute Gasteiger partial charge is 0.460 e. The smallest absolute Gasteiger partial charge is 0.293 e. The molecule has 11 heteroatoms. The zero-order valence-electron chi connectivity index (χ0n) is 12.5. The van der Waals surface area contributed by atoms with E-state index in [1.807, 2.05) is 0 Å². The fourth-order valence-electron chi connectivity index (χ4n) is 1.58. The third-order valence-corrected chi connectivity index (χ3v) is 2.95. The summed E-state index contributed by atoms with van der Waals surface area (Å²) in [7, 11) is 0. The molecule has 0 bridgehead atoms. The second-order valence-electron chi connectivity index (χ2n) is 5.01. The van der Waals surface area contributed by atoms with Gasteiger partial charge in [0, 0.05) is 12.0 Å². The molecule has 0 aromatic heterocycles. The summed E-state index contributed by atoms with van der Waals surface area (Å²) in [6.07, 6.45) is -8.05. The van der Waals surface area contributed by atoms with Crippen molar-refractivity contribution >= 4 is 11.7 Å². The third kappa shape index (κ3) is 4.60. The van der Waals surface area contributed by atoms with Gasteiger partial charge in [0.05, 0.1) is 6.04 Å². The molecule has 0 N–H and O–H groups in total. The lowest BCUT2D eigenvalue weighted by Gasteiger charge is -2.27. The van der Waals surface area contributed by atoms with Crippen LogP contribution in [-0.2, 0) is 4.79 Å². The van der Waals surface area contributed by atoms with Crippen molar-refractivity contribution in [3.8, 4) is 0 Å². The van der Waals surface area contributed by atoms with Crippen LogP contribution in [-0.4, -0.2) is 35.8 Å². The Morgan fingerprint density at radius 2 is 1.52 bits per heavy atom. The van der Waals surface area contributed by atoms with E-state index in [-0.39, 0.29) is 5.56 Å². The first-order valence-corrected chi connectivity index (χ1v) is 6.66. The molecule has 0 aliphatic rings. The molecule has 0 heterocycles. The summed E-state index contributed by atoms with van der Waals surface area (Å²) in [4.78, 5) is 22.7. The Kier molecular flexibility index (Phi) is 6.03. The third-order valence-electron chi connectivity index (χ3n) is 2.95. The van der Waals surface area contributed by atoms with Gasteiger partial charge in [-0.3, -0.25) is 9.59 Å². The highest BCUT2D eigenvalue weighted by Crippen LogP contribution is 2.47. The number of nitrogens with zero attached hydrogens (tertiary/aromatic N) is 2. The number of benzene rings is 1. The van der Waals surface area contributed by atoms with Crippen LogP contribution in [0.25, 0.3) is 0 Å². The minimum atomic E-state index is -6.60. The lowest BCUT2D eigenvalue weighted by atomic mass is 10.0. The normalized spacial score (nSPS) is 14.6. The van der Waals surface area contributed by atoms with Gasteiger partial charge in [-0.05, 0) is 19.1 Å². The maximum absolute atomic E-state index is 13.2. The minimum absolute atomic E-state index is 0.0821. The number of hydrogen-bond acceptors (Lipinski definition) is 3. The molecule has 0 fully saturated rings. The number of carbonyl (C=O) groups excluding carboxylic acids is 2. The minimum Gasteiger partial charge on any atom is -0.293 e. The first-order chi connectivity index (χ1) is 11.3. The molecule has 1 rings (SSSR count). The van der Waals surface area contributed by atoms with E-state index in [4.69, 9.17) is 0 Å². The Bertz CT molecular complexity index is 657. The molecule has 1 aromatic carbocycles. The van der Waals surface area contributed by atoms with Crippen molar-refractivity contribution in [1.29, 1.82) is 0 Å². The summed E-state index contributed by atoms with van der Waals surface area (Å²) in [6.45, 7) is 0.960. The first-order valence-electron chi connectivity index (χ1n) is 6.66. The van der Waals surface area contributed by atoms with E-state index in [1.165, 1.54) is 24.3 Å². The molecule has 4 nitrogen and oxygen atoms in total. The van der Waals surface area contributed by atoms with E-state index < -0.39 is 42.2 Å². The average Bonchev–Trinajstić information content (AvgIpc) is 2.52. The number of halogens is 7. The number of alkyl halides is 7. The van der Waals surface area contributed by atoms with Crippen LogP contribution in [0.4, 0.5) is 30.7 Å². The van der Waals surface area contributed by atoms with Crippen molar-refractivity contribution in [3.63, 3.8) is 0 Å². The van der Waals surface area contributed by atoms with E-state index in [2.05, 4.69) is 10.2 Å². The Hall–Kier alpha value is -2.33. The van der Waals surface area contributed by atoms with E-state index in [1.54, 1.807) is 6.07 Å². The molecule has 138 valence electrons. The molecule has 1 aromatic rings. The SMILES string of the molecule is CC(CC(=O)C(F)(F)C(F)(F)C(F)(F)F)N=NC(=O)c1ccccc1. The quantitative estimate of drug-likeness (QED) is 0.547. The van der Waals surface area contributed by atoms with Crippen molar-refractivity contribution in [1.82, 2.24) is 0 Å². The first kappa shape index (κ1) is 20.7. The number of carbonyl (C=O) groups is 2. The van der Waals surface area contributed by atoms with Gasteiger partial charge in [0.2, 0.25) is 5.78 Å². The number of hydrogen-bond donors (Lipinski definition) is 0. The summed E-state index contributed by atoms with van der Waals surface area (Å²) in [5.41, 5.74) is 0.0821. The molecular formula is C14H11F7N2O2. The Balaban J connectivity index is 2.79. The van der Waals surface area contributed by atoms with E-state index in [9.17, 15) is 40.3 Å². The van der Waals surface area contributed by atoms with Crippen molar-refractivity contribution in [2.45, 2.75) is 37.4 Å². The molecule has 1 amide bonds. The molecule has 0 spiro atoms. The van der Waals surface area contributed by atoms with Crippen molar-refractivity contribution in [2.75, 3.05) is 0 Å². The lowest BCUT2D eigenvalue weighted by Crippen LogP contribution is -2.56. The second-order valence-corrected chi connectivity index (χ2v) is 5.01. The molecule has 0 radical (unpaired) electrons. The van der Waals surface area contributed by atoms with Gasteiger partial charge in [0.25, 0.3) is 5.91 Å². The molecule has 25 heavy (non-hydrogen) atoms. The van der Waals surface area contributed by atoms with Gasteiger partial charge in [-0.2, -0.15) is 35.8 Å². The molecule has 0 aliphatic carbocycles. The summed E-state index contributed by atoms with van der Waals surface area (Å²) in [6, 6.07) is 5.79. The average molecular weight is 372 g/mol. The molecule has 0 aliphatic heterocycles.